The van der Waals surface area contributed by atoms with E-state index in [0.29, 0.717) is 29.4 Å². The molecule has 4 aromatic rings. The highest BCUT2D eigenvalue weighted by atomic mass is 32.2. The lowest BCUT2D eigenvalue weighted by atomic mass is 10.1. The van der Waals surface area contributed by atoms with E-state index >= 15 is 0 Å². The van der Waals surface area contributed by atoms with Gasteiger partial charge in [0.25, 0.3) is 5.89 Å². The Balaban J connectivity index is 1.51. The Morgan fingerprint density at radius 1 is 1.00 bits per heavy atom. The highest BCUT2D eigenvalue weighted by Gasteiger charge is 2.33. The summed E-state index contributed by atoms with van der Waals surface area (Å²) < 4.78 is 35.6. The van der Waals surface area contributed by atoms with Gasteiger partial charge in [-0.05, 0) is 36.8 Å². The second-order valence-electron chi connectivity index (χ2n) is 7.58. The molecule has 3 heterocycles. The Labute approximate surface area is 180 Å². The molecule has 0 saturated heterocycles. The molecule has 158 valence electrons. The zero-order valence-corrected chi connectivity index (χ0v) is 18.0. The van der Waals surface area contributed by atoms with Crippen molar-refractivity contribution in [1.29, 1.82) is 0 Å². The third kappa shape index (κ3) is 3.45. The van der Waals surface area contributed by atoms with Gasteiger partial charge in [-0.3, -0.25) is 4.68 Å². The normalized spacial score (nSPS) is 14.5. The Hall–Kier alpha value is -3.30. The lowest BCUT2D eigenvalue weighted by molar-refractivity contribution is 0.386. The third-order valence-electron chi connectivity index (χ3n) is 5.48. The lowest BCUT2D eigenvalue weighted by Gasteiger charge is -2.26. The van der Waals surface area contributed by atoms with E-state index in [-0.39, 0.29) is 12.4 Å². The molecule has 0 saturated carbocycles. The zero-order chi connectivity index (χ0) is 21.6. The Morgan fingerprint density at radius 2 is 1.77 bits per heavy atom. The summed E-state index contributed by atoms with van der Waals surface area (Å²) in [4.78, 5) is 0.297. The van der Waals surface area contributed by atoms with Crippen molar-refractivity contribution in [2.45, 2.75) is 24.8 Å². The minimum atomic E-state index is -3.63. The predicted octanol–water partition coefficient (Wildman–Crippen LogP) is 3.19. The molecule has 0 atom stereocenters. The van der Waals surface area contributed by atoms with Gasteiger partial charge in [0, 0.05) is 43.4 Å². The molecule has 8 nitrogen and oxygen atoms in total. The van der Waals surface area contributed by atoms with E-state index < -0.39 is 10.0 Å². The Morgan fingerprint density at radius 3 is 2.55 bits per heavy atom. The quantitative estimate of drug-likeness (QED) is 0.489. The third-order valence-corrected chi connectivity index (χ3v) is 7.32. The highest BCUT2D eigenvalue weighted by Crippen LogP contribution is 2.32. The Kier molecular flexibility index (Phi) is 4.71. The fourth-order valence-electron chi connectivity index (χ4n) is 3.89. The number of sulfonamides is 1. The largest absolute Gasteiger partial charge is 0.415 e. The summed E-state index contributed by atoms with van der Waals surface area (Å²) in [5.74, 6) is 0.681. The smallest absolute Gasteiger partial charge is 0.268 e. The van der Waals surface area contributed by atoms with Gasteiger partial charge in [-0.2, -0.15) is 9.40 Å². The monoisotopic (exact) mass is 435 g/mol. The molecule has 5 rings (SSSR count). The van der Waals surface area contributed by atoms with Crippen molar-refractivity contribution in [3.63, 3.8) is 0 Å². The molecule has 0 unspecified atom stereocenters. The molecule has 0 radical (unpaired) electrons. The van der Waals surface area contributed by atoms with Gasteiger partial charge in [-0.15, -0.1) is 10.2 Å². The van der Waals surface area contributed by atoms with Gasteiger partial charge in [0.1, 0.15) is 0 Å². The van der Waals surface area contributed by atoms with Gasteiger partial charge < -0.3 is 4.42 Å². The first kappa shape index (κ1) is 19.7. The second kappa shape index (κ2) is 7.44. The molecule has 0 amide bonds. The molecule has 1 aliphatic heterocycles. The van der Waals surface area contributed by atoms with Crippen LogP contribution < -0.4 is 0 Å². The topological polar surface area (TPSA) is 94.1 Å². The summed E-state index contributed by atoms with van der Waals surface area (Å²) in [7, 11) is -1.78. The molecule has 0 bridgehead atoms. The van der Waals surface area contributed by atoms with Crippen LogP contribution in [0.2, 0.25) is 0 Å². The fourth-order valence-corrected chi connectivity index (χ4v) is 5.40. The molecular weight excluding hydrogens is 414 g/mol. The van der Waals surface area contributed by atoms with Crippen LogP contribution in [0.4, 0.5) is 0 Å². The van der Waals surface area contributed by atoms with Gasteiger partial charge in [-0.1, -0.05) is 30.3 Å². The summed E-state index contributed by atoms with van der Waals surface area (Å²) in [5.41, 5.74) is 4.02. The molecule has 2 aromatic heterocycles. The van der Waals surface area contributed by atoms with Gasteiger partial charge in [-0.25, -0.2) is 8.42 Å². The van der Waals surface area contributed by atoms with E-state index in [1.807, 2.05) is 50.4 Å². The molecule has 31 heavy (non-hydrogen) atoms. The molecule has 0 fully saturated rings. The second-order valence-corrected chi connectivity index (χ2v) is 9.52. The van der Waals surface area contributed by atoms with Crippen molar-refractivity contribution in [1.82, 2.24) is 24.3 Å². The minimum absolute atomic E-state index is 0.206. The average Bonchev–Trinajstić information content (AvgIpc) is 3.39. The summed E-state index contributed by atoms with van der Waals surface area (Å²) in [6, 6.07) is 16.5. The molecular formula is C22H21N5O3S. The maximum atomic E-state index is 13.2. The van der Waals surface area contributed by atoms with Crippen LogP contribution in [0, 0.1) is 6.92 Å². The van der Waals surface area contributed by atoms with Crippen LogP contribution in [0.1, 0.15) is 16.8 Å². The summed E-state index contributed by atoms with van der Waals surface area (Å²) in [6.45, 7) is 2.48. The summed E-state index contributed by atoms with van der Waals surface area (Å²) in [5, 5.41) is 12.9. The van der Waals surface area contributed by atoms with Crippen molar-refractivity contribution in [2.24, 2.45) is 7.05 Å². The highest BCUT2D eigenvalue weighted by molar-refractivity contribution is 7.89. The number of aromatic nitrogens is 4. The molecule has 0 aliphatic carbocycles. The number of fused-ring (bicyclic) bond motifs is 1. The number of hydrogen-bond donors (Lipinski definition) is 0. The Bertz CT molecular complexity index is 1360. The molecule has 9 heteroatoms. The lowest BCUT2D eigenvalue weighted by Crippen LogP contribution is -2.36. The van der Waals surface area contributed by atoms with Gasteiger partial charge >= 0.3 is 0 Å². The van der Waals surface area contributed by atoms with Crippen LogP contribution in [0.3, 0.4) is 0 Å². The maximum absolute atomic E-state index is 13.2. The van der Waals surface area contributed by atoms with Crippen LogP contribution in [-0.4, -0.2) is 39.2 Å². The van der Waals surface area contributed by atoms with Crippen LogP contribution in [0.5, 0.6) is 0 Å². The molecule has 0 N–H and O–H groups in total. The molecule has 0 spiro atoms. The van der Waals surface area contributed by atoms with E-state index in [0.717, 1.165) is 22.4 Å². The number of nitrogens with zero attached hydrogens (tertiary/aromatic N) is 5. The van der Waals surface area contributed by atoms with Crippen molar-refractivity contribution in [3.8, 4) is 23.0 Å². The van der Waals surface area contributed by atoms with E-state index in [9.17, 15) is 8.42 Å². The first-order valence-electron chi connectivity index (χ1n) is 9.94. The number of rotatable bonds is 4. The fraction of sp³-hybridized carbons (Fsp3) is 0.227. The number of aryl methyl sites for hydroxylation is 2. The minimum Gasteiger partial charge on any atom is -0.415 e. The van der Waals surface area contributed by atoms with Crippen molar-refractivity contribution < 1.29 is 12.8 Å². The standard InChI is InChI=1S/C22H21N5O3S/c1-15-7-6-10-17(13-15)31(28,29)27-12-11-19-18(14-27)20(25-26(19)2)22-24-23-21(30-22)16-8-4-3-5-9-16/h3-10,13H,11-12,14H2,1-2H3. The van der Waals surface area contributed by atoms with Gasteiger partial charge in [0.15, 0.2) is 5.69 Å². The molecule has 1 aliphatic rings. The van der Waals surface area contributed by atoms with Crippen LogP contribution >= 0.6 is 0 Å². The summed E-state index contributed by atoms with van der Waals surface area (Å²) >= 11 is 0. The van der Waals surface area contributed by atoms with Crippen LogP contribution in [0.25, 0.3) is 23.0 Å². The van der Waals surface area contributed by atoms with E-state index in [1.165, 1.54) is 4.31 Å². The number of benzene rings is 2. The molecule has 2 aromatic carbocycles. The van der Waals surface area contributed by atoms with Gasteiger partial charge in [0.05, 0.1) is 4.90 Å². The first-order valence-corrected chi connectivity index (χ1v) is 11.4. The van der Waals surface area contributed by atoms with Crippen LogP contribution in [0.15, 0.2) is 63.9 Å². The van der Waals surface area contributed by atoms with E-state index in [1.54, 1.807) is 22.9 Å². The van der Waals surface area contributed by atoms with Crippen molar-refractivity contribution in [3.05, 3.63) is 71.4 Å². The van der Waals surface area contributed by atoms with Crippen molar-refractivity contribution >= 4 is 10.0 Å². The van der Waals surface area contributed by atoms with Gasteiger partial charge in [0.2, 0.25) is 15.9 Å². The summed E-state index contributed by atoms with van der Waals surface area (Å²) in [6.07, 6.45) is 0.559. The van der Waals surface area contributed by atoms with E-state index in [4.69, 9.17) is 4.42 Å². The van der Waals surface area contributed by atoms with Crippen molar-refractivity contribution in [2.75, 3.05) is 6.54 Å². The SMILES string of the molecule is Cc1cccc(S(=O)(=O)N2CCc3c(c(-c4nnc(-c5ccccc5)o4)nn3C)C2)c1. The number of hydrogen-bond acceptors (Lipinski definition) is 6. The van der Waals surface area contributed by atoms with Crippen LogP contribution in [-0.2, 0) is 30.0 Å². The zero-order valence-electron chi connectivity index (χ0n) is 17.2. The average molecular weight is 436 g/mol. The predicted molar refractivity (Wildman–Crippen MR) is 114 cm³/mol. The van der Waals surface area contributed by atoms with E-state index in [2.05, 4.69) is 15.3 Å². The first-order chi connectivity index (χ1) is 14.9. The maximum Gasteiger partial charge on any atom is 0.268 e.